The minimum absolute atomic E-state index is 0.777. The molecule has 2 aromatic rings. The van der Waals surface area contributed by atoms with E-state index in [0.717, 1.165) is 54.1 Å². The summed E-state index contributed by atoms with van der Waals surface area (Å²) in [5.74, 6) is 3.00. The van der Waals surface area contributed by atoms with Crippen LogP contribution in [0.2, 0.25) is 0 Å². The minimum Gasteiger partial charge on any atom is -0.492 e. The van der Waals surface area contributed by atoms with E-state index in [1.54, 1.807) is 0 Å². The van der Waals surface area contributed by atoms with Gasteiger partial charge in [-0.05, 0) is 43.2 Å². The molecule has 0 unspecified atom stereocenters. The lowest BCUT2D eigenvalue weighted by atomic mass is 10.1. The molecule has 34 heavy (non-hydrogen) atoms. The Morgan fingerprint density at radius 3 is 1.79 bits per heavy atom. The van der Waals surface area contributed by atoms with E-state index in [2.05, 4.69) is 15.0 Å². The topological polar surface area (TPSA) is 47.9 Å². The van der Waals surface area contributed by atoms with E-state index in [9.17, 15) is 0 Å². The predicted octanol–water partition coefficient (Wildman–Crippen LogP) is 8.35. The maximum Gasteiger partial charge on any atom is 0.137 e. The second-order valence-corrected chi connectivity index (χ2v) is 10.7. The van der Waals surface area contributed by atoms with Gasteiger partial charge in [-0.2, -0.15) is 0 Å². The van der Waals surface area contributed by atoms with E-state index in [0.29, 0.717) is 0 Å². The van der Waals surface area contributed by atoms with Gasteiger partial charge in [-0.3, -0.25) is 15.0 Å². The van der Waals surface area contributed by atoms with Crippen LogP contribution in [0, 0.1) is 11.8 Å². The number of rotatable bonds is 19. The van der Waals surface area contributed by atoms with E-state index in [-0.39, 0.29) is 0 Å². The summed E-state index contributed by atoms with van der Waals surface area (Å²) in [7, 11) is 0. The molecule has 0 saturated heterocycles. The molecule has 4 nitrogen and oxygen atoms in total. The van der Waals surface area contributed by atoms with Gasteiger partial charge in [0, 0.05) is 6.20 Å². The highest BCUT2D eigenvalue weighted by Crippen LogP contribution is 2.34. The Kier molecular flexibility index (Phi) is 10.7. The first-order valence-electron chi connectivity index (χ1n) is 14.3. The zero-order valence-corrected chi connectivity index (χ0v) is 21.2. The normalized spacial score (nSPS) is 15.5. The maximum absolute atomic E-state index is 5.86. The van der Waals surface area contributed by atoms with Crippen molar-refractivity contribution in [2.45, 2.75) is 116 Å². The van der Waals surface area contributed by atoms with E-state index in [1.807, 2.05) is 30.7 Å². The van der Waals surface area contributed by atoms with Gasteiger partial charge < -0.3 is 4.74 Å². The lowest BCUT2D eigenvalue weighted by molar-refractivity contribution is 0.303. The highest BCUT2D eigenvalue weighted by molar-refractivity contribution is 5.53. The second-order valence-electron chi connectivity index (χ2n) is 10.7. The van der Waals surface area contributed by atoms with Gasteiger partial charge in [-0.1, -0.05) is 96.3 Å². The van der Waals surface area contributed by atoms with Crippen LogP contribution in [0.25, 0.3) is 11.4 Å². The summed E-state index contributed by atoms with van der Waals surface area (Å²) in [6.07, 6.45) is 30.2. The van der Waals surface area contributed by atoms with Crippen LogP contribution in [0.5, 0.6) is 5.75 Å². The molecule has 2 aliphatic rings. The molecule has 2 aromatic heterocycles. The smallest absolute Gasteiger partial charge is 0.137 e. The standard InChI is InChI=1S/C30H45N3O/c1(2-4-8-12-25-15-16-25)3-5-10-14-27-22-32-30(24-31-27)29-20-19-28(23-33-29)34-21-11-7-6-9-13-26-17-18-26/h19-20,22-26H,1-18,21H2. The van der Waals surface area contributed by atoms with Crippen LogP contribution >= 0.6 is 0 Å². The van der Waals surface area contributed by atoms with Crippen LogP contribution in [0.1, 0.15) is 115 Å². The van der Waals surface area contributed by atoms with Crippen LogP contribution in [-0.2, 0) is 6.42 Å². The molecule has 2 saturated carbocycles. The Bertz CT molecular complexity index is 797. The number of aromatic nitrogens is 3. The lowest BCUT2D eigenvalue weighted by Gasteiger charge is -2.07. The molecule has 2 fully saturated rings. The predicted molar refractivity (Wildman–Crippen MR) is 140 cm³/mol. The summed E-state index contributed by atoms with van der Waals surface area (Å²) < 4.78 is 5.86. The monoisotopic (exact) mass is 463 g/mol. The third-order valence-electron chi connectivity index (χ3n) is 7.42. The van der Waals surface area contributed by atoms with E-state index in [4.69, 9.17) is 4.74 Å². The van der Waals surface area contributed by atoms with Crippen molar-refractivity contribution in [3.05, 3.63) is 36.4 Å². The van der Waals surface area contributed by atoms with E-state index in [1.165, 1.54) is 103 Å². The molecule has 2 heterocycles. The van der Waals surface area contributed by atoms with Gasteiger partial charge in [0.2, 0.25) is 0 Å². The molecule has 0 aliphatic heterocycles. The number of hydrogen-bond donors (Lipinski definition) is 0. The third-order valence-corrected chi connectivity index (χ3v) is 7.42. The van der Waals surface area contributed by atoms with Crippen molar-refractivity contribution in [3.63, 3.8) is 0 Å². The first-order valence-corrected chi connectivity index (χ1v) is 14.3. The summed E-state index contributed by atoms with van der Waals surface area (Å²) in [5, 5.41) is 0. The molecule has 2 aliphatic carbocycles. The van der Waals surface area contributed by atoms with Crippen molar-refractivity contribution in [1.29, 1.82) is 0 Å². The van der Waals surface area contributed by atoms with Crippen LogP contribution in [0.3, 0.4) is 0 Å². The van der Waals surface area contributed by atoms with Crippen molar-refractivity contribution in [1.82, 2.24) is 15.0 Å². The SMILES string of the molecule is c1cc(-c2cnc(CCCCCCCCCC3CC3)cn2)ncc1OCCCCCCC1CC1. The summed E-state index contributed by atoms with van der Waals surface area (Å²) in [6.45, 7) is 0.777. The molecule has 0 radical (unpaired) electrons. The van der Waals surface area contributed by atoms with E-state index < -0.39 is 0 Å². The van der Waals surface area contributed by atoms with Crippen molar-refractivity contribution < 1.29 is 4.74 Å². The van der Waals surface area contributed by atoms with Gasteiger partial charge in [-0.15, -0.1) is 0 Å². The molecule has 4 heteroatoms. The van der Waals surface area contributed by atoms with Crippen molar-refractivity contribution in [2.24, 2.45) is 11.8 Å². The molecular formula is C30H45N3O. The molecule has 0 atom stereocenters. The zero-order valence-electron chi connectivity index (χ0n) is 21.2. The number of aryl methyl sites for hydroxylation is 1. The van der Waals surface area contributed by atoms with Gasteiger partial charge in [0.25, 0.3) is 0 Å². The summed E-state index contributed by atoms with van der Waals surface area (Å²) in [6, 6.07) is 3.98. The second kappa shape index (κ2) is 14.4. The van der Waals surface area contributed by atoms with Crippen LogP contribution in [0.4, 0.5) is 0 Å². The summed E-state index contributed by atoms with van der Waals surface area (Å²) in [5.41, 5.74) is 2.77. The highest BCUT2D eigenvalue weighted by atomic mass is 16.5. The number of pyridine rings is 1. The molecule has 0 bridgehead atoms. The molecule has 0 spiro atoms. The molecule has 0 aromatic carbocycles. The van der Waals surface area contributed by atoms with Gasteiger partial charge in [-0.25, -0.2) is 0 Å². The van der Waals surface area contributed by atoms with Crippen LogP contribution < -0.4 is 4.74 Å². The molecule has 4 rings (SSSR count). The fourth-order valence-electron chi connectivity index (χ4n) is 4.75. The van der Waals surface area contributed by atoms with Crippen molar-refractivity contribution >= 4 is 0 Å². The number of nitrogens with zero attached hydrogens (tertiary/aromatic N) is 3. The number of ether oxygens (including phenoxy) is 1. The molecule has 186 valence electrons. The molecule has 0 amide bonds. The fraction of sp³-hybridized carbons (Fsp3) is 0.700. The van der Waals surface area contributed by atoms with Gasteiger partial charge in [0.1, 0.15) is 11.4 Å². The summed E-state index contributed by atoms with van der Waals surface area (Å²) in [4.78, 5) is 13.8. The number of hydrogen-bond acceptors (Lipinski definition) is 4. The lowest BCUT2D eigenvalue weighted by Crippen LogP contribution is -1.99. The summed E-state index contributed by atoms with van der Waals surface area (Å²) >= 11 is 0. The first kappa shape index (κ1) is 25.1. The average Bonchev–Trinajstić information content (AvgIpc) is 3.79. The zero-order chi connectivity index (χ0) is 23.3. The van der Waals surface area contributed by atoms with Gasteiger partial charge in [0.15, 0.2) is 0 Å². The van der Waals surface area contributed by atoms with Gasteiger partial charge in [0.05, 0.1) is 30.4 Å². The quantitative estimate of drug-likeness (QED) is 0.196. The Labute approximate surface area is 207 Å². The Morgan fingerprint density at radius 1 is 0.588 bits per heavy atom. The van der Waals surface area contributed by atoms with Crippen LogP contribution in [-0.4, -0.2) is 21.6 Å². The van der Waals surface area contributed by atoms with E-state index >= 15 is 0 Å². The first-order chi connectivity index (χ1) is 16.9. The Balaban J connectivity index is 1.04. The minimum atomic E-state index is 0.777. The maximum atomic E-state index is 5.86. The number of unbranched alkanes of at least 4 members (excludes halogenated alkanes) is 9. The van der Waals surface area contributed by atoms with Crippen LogP contribution in [0.15, 0.2) is 30.7 Å². The third kappa shape index (κ3) is 10.1. The Morgan fingerprint density at radius 2 is 1.21 bits per heavy atom. The molecular weight excluding hydrogens is 418 g/mol. The van der Waals surface area contributed by atoms with Crippen molar-refractivity contribution in [2.75, 3.05) is 6.61 Å². The fourth-order valence-corrected chi connectivity index (χ4v) is 4.75. The Hall–Kier alpha value is -1.97. The van der Waals surface area contributed by atoms with Gasteiger partial charge >= 0.3 is 0 Å². The highest BCUT2D eigenvalue weighted by Gasteiger charge is 2.20. The van der Waals surface area contributed by atoms with Crippen molar-refractivity contribution in [3.8, 4) is 17.1 Å². The largest absolute Gasteiger partial charge is 0.492 e. The average molecular weight is 464 g/mol. The molecule has 0 N–H and O–H groups in total.